The second-order valence-electron chi connectivity index (χ2n) is 4.80. The number of hydrogen-bond acceptors (Lipinski definition) is 2. The number of halogens is 1. The van der Waals surface area contributed by atoms with E-state index in [0.717, 1.165) is 0 Å². The third-order valence-electron chi connectivity index (χ3n) is 2.11. The van der Waals surface area contributed by atoms with Gasteiger partial charge in [0.05, 0.1) is 0 Å². The van der Waals surface area contributed by atoms with E-state index in [0.29, 0.717) is 5.56 Å². The Kier molecular flexibility index (Phi) is 3.97. The molecule has 0 amide bonds. The normalized spacial score (nSPS) is 12.6. The highest BCUT2D eigenvalue weighted by molar-refractivity contribution is 7.51. The van der Waals surface area contributed by atoms with Gasteiger partial charge in [0.2, 0.25) is 0 Å². The molecule has 1 rings (SSSR count). The van der Waals surface area contributed by atoms with Gasteiger partial charge in [0.25, 0.3) is 0 Å². The van der Waals surface area contributed by atoms with Crippen LogP contribution < -0.4 is 4.74 Å². The molecule has 0 saturated heterocycles. The van der Waals surface area contributed by atoms with Gasteiger partial charge in [-0.25, -0.2) is 4.39 Å². The van der Waals surface area contributed by atoms with Crippen LogP contribution in [0.15, 0.2) is 18.2 Å². The molecule has 4 nitrogen and oxygen atoms in total. The summed E-state index contributed by atoms with van der Waals surface area (Å²) in [5, 5.41) is 0. The van der Waals surface area contributed by atoms with Crippen molar-refractivity contribution < 1.29 is 23.5 Å². The van der Waals surface area contributed by atoms with Crippen LogP contribution in [0.2, 0.25) is 0 Å². The molecule has 0 radical (unpaired) electrons. The van der Waals surface area contributed by atoms with Crippen molar-refractivity contribution in [3.05, 3.63) is 29.6 Å². The van der Waals surface area contributed by atoms with E-state index in [1.165, 1.54) is 18.2 Å². The Balaban J connectivity index is 3.08. The standard InChI is InChI=1S/C11H16FO4P/c1-11(2,3)10-8(12)5-4-6-9(10)16-7-17(13,14)15/h4-6H,7H2,1-3H3,(H2,13,14,15). The van der Waals surface area contributed by atoms with Crippen LogP contribution in [0, 0.1) is 5.82 Å². The summed E-state index contributed by atoms with van der Waals surface area (Å²) in [4.78, 5) is 17.5. The molecule has 0 aromatic heterocycles. The van der Waals surface area contributed by atoms with Crippen LogP contribution in [0.25, 0.3) is 0 Å². The lowest BCUT2D eigenvalue weighted by Gasteiger charge is -2.23. The van der Waals surface area contributed by atoms with Gasteiger partial charge in [-0.1, -0.05) is 26.8 Å². The van der Waals surface area contributed by atoms with Crippen molar-refractivity contribution in [3.8, 4) is 5.75 Å². The van der Waals surface area contributed by atoms with Gasteiger partial charge in [-0.15, -0.1) is 0 Å². The van der Waals surface area contributed by atoms with E-state index in [4.69, 9.17) is 14.5 Å². The zero-order chi connectivity index (χ0) is 13.3. The van der Waals surface area contributed by atoms with Crippen molar-refractivity contribution in [2.75, 3.05) is 6.35 Å². The van der Waals surface area contributed by atoms with E-state index < -0.39 is 25.2 Å². The Labute approximate surface area is 99.6 Å². The highest BCUT2D eigenvalue weighted by atomic mass is 31.2. The highest BCUT2D eigenvalue weighted by Crippen LogP contribution is 2.38. The quantitative estimate of drug-likeness (QED) is 0.822. The molecule has 0 heterocycles. The minimum atomic E-state index is -4.26. The van der Waals surface area contributed by atoms with Crippen molar-refractivity contribution in [3.63, 3.8) is 0 Å². The summed E-state index contributed by atoms with van der Waals surface area (Å²) in [5.41, 5.74) is -0.191. The minimum absolute atomic E-state index is 0.167. The van der Waals surface area contributed by atoms with Gasteiger partial charge in [-0.2, -0.15) is 0 Å². The molecule has 0 unspecified atom stereocenters. The minimum Gasteiger partial charge on any atom is -0.481 e. The van der Waals surface area contributed by atoms with Crippen LogP contribution in [0.3, 0.4) is 0 Å². The summed E-state index contributed by atoms with van der Waals surface area (Å²) in [6.07, 6.45) is -0.750. The molecule has 2 N–H and O–H groups in total. The molecule has 0 spiro atoms. The molecule has 0 bridgehead atoms. The first-order chi connectivity index (χ1) is 7.61. The zero-order valence-corrected chi connectivity index (χ0v) is 10.9. The molecular weight excluding hydrogens is 246 g/mol. The lowest BCUT2D eigenvalue weighted by atomic mass is 9.86. The topological polar surface area (TPSA) is 66.8 Å². The fourth-order valence-electron chi connectivity index (χ4n) is 1.51. The van der Waals surface area contributed by atoms with E-state index in [1.807, 2.05) is 0 Å². The number of ether oxygens (including phenoxy) is 1. The third-order valence-corrected chi connectivity index (χ3v) is 2.58. The smallest absolute Gasteiger partial charge is 0.362 e. The number of benzene rings is 1. The molecule has 0 aliphatic rings. The van der Waals surface area contributed by atoms with Crippen molar-refractivity contribution in [1.29, 1.82) is 0 Å². The summed E-state index contributed by atoms with van der Waals surface area (Å²) in [7, 11) is -4.26. The number of hydrogen-bond donors (Lipinski definition) is 2. The fourth-order valence-corrected chi connectivity index (χ4v) is 1.81. The maximum Gasteiger partial charge on any atom is 0.362 e. The first-order valence-electron chi connectivity index (χ1n) is 5.07. The van der Waals surface area contributed by atoms with Gasteiger partial charge in [-0.3, -0.25) is 4.57 Å². The summed E-state index contributed by atoms with van der Waals surface area (Å²) in [6.45, 7) is 5.40. The van der Waals surface area contributed by atoms with Crippen LogP contribution in [-0.4, -0.2) is 16.1 Å². The maximum atomic E-state index is 13.7. The first-order valence-corrected chi connectivity index (χ1v) is 6.87. The summed E-state index contributed by atoms with van der Waals surface area (Å²) in [6, 6.07) is 4.24. The first kappa shape index (κ1) is 14.2. The van der Waals surface area contributed by atoms with Gasteiger partial charge >= 0.3 is 7.60 Å². The molecule has 17 heavy (non-hydrogen) atoms. The van der Waals surface area contributed by atoms with Gasteiger partial charge in [0, 0.05) is 5.56 Å². The van der Waals surface area contributed by atoms with Gasteiger partial charge in [0.1, 0.15) is 11.6 Å². The van der Waals surface area contributed by atoms with Gasteiger partial charge in [-0.05, 0) is 17.5 Å². The fraction of sp³-hybridized carbons (Fsp3) is 0.455. The van der Waals surface area contributed by atoms with Crippen LogP contribution in [0.1, 0.15) is 26.3 Å². The SMILES string of the molecule is CC(C)(C)c1c(F)cccc1OCP(=O)(O)O. The van der Waals surface area contributed by atoms with Crippen molar-refractivity contribution in [2.45, 2.75) is 26.2 Å². The van der Waals surface area contributed by atoms with E-state index >= 15 is 0 Å². The molecule has 6 heteroatoms. The zero-order valence-electron chi connectivity index (χ0n) is 9.98. The van der Waals surface area contributed by atoms with Crippen LogP contribution in [-0.2, 0) is 9.98 Å². The largest absolute Gasteiger partial charge is 0.481 e. The van der Waals surface area contributed by atoms with E-state index in [9.17, 15) is 8.96 Å². The van der Waals surface area contributed by atoms with Crippen LogP contribution in [0.5, 0.6) is 5.75 Å². The third kappa shape index (κ3) is 4.11. The Hall–Kier alpha value is -0.900. The van der Waals surface area contributed by atoms with Crippen molar-refractivity contribution in [1.82, 2.24) is 0 Å². The molecule has 0 aliphatic carbocycles. The lowest BCUT2D eigenvalue weighted by Crippen LogP contribution is -2.16. The summed E-state index contributed by atoms with van der Waals surface area (Å²) in [5.74, 6) is -0.276. The average Bonchev–Trinajstić information content (AvgIpc) is 2.11. The summed E-state index contributed by atoms with van der Waals surface area (Å²) < 4.78 is 29.4. The molecule has 96 valence electrons. The predicted octanol–water partition coefficient (Wildman–Crippen LogP) is 2.64. The average molecular weight is 262 g/mol. The second kappa shape index (κ2) is 4.77. The van der Waals surface area contributed by atoms with E-state index in [1.54, 1.807) is 20.8 Å². The van der Waals surface area contributed by atoms with Gasteiger partial charge in [0.15, 0.2) is 6.35 Å². The van der Waals surface area contributed by atoms with Crippen LogP contribution in [0.4, 0.5) is 4.39 Å². The molecule has 1 aromatic rings. The Morgan fingerprint density at radius 3 is 2.41 bits per heavy atom. The molecule has 0 aliphatic heterocycles. The monoisotopic (exact) mass is 262 g/mol. The highest BCUT2D eigenvalue weighted by Gasteiger charge is 2.24. The molecule has 0 saturated carbocycles. The molecule has 1 aromatic carbocycles. The Bertz CT molecular complexity index is 447. The Morgan fingerprint density at radius 2 is 1.94 bits per heavy atom. The number of rotatable bonds is 3. The molecular formula is C11H16FO4P. The maximum absolute atomic E-state index is 13.7. The predicted molar refractivity (Wildman–Crippen MR) is 62.6 cm³/mol. The second-order valence-corrected chi connectivity index (χ2v) is 6.39. The molecule has 0 atom stereocenters. The van der Waals surface area contributed by atoms with Crippen LogP contribution >= 0.6 is 7.60 Å². The van der Waals surface area contributed by atoms with E-state index in [2.05, 4.69) is 0 Å². The van der Waals surface area contributed by atoms with Crippen molar-refractivity contribution >= 4 is 7.60 Å². The molecule has 0 fully saturated rings. The van der Waals surface area contributed by atoms with Gasteiger partial charge < -0.3 is 14.5 Å². The summed E-state index contributed by atoms with van der Waals surface area (Å²) >= 11 is 0. The Morgan fingerprint density at radius 1 is 1.35 bits per heavy atom. The van der Waals surface area contributed by atoms with E-state index in [-0.39, 0.29) is 5.75 Å². The lowest BCUT2D eigenvalue weighted by molar-refractivity contribution is 0.294. The van der Waals surface area contributed by atoms with Crippen molar-refractivity contribution in [2.24, 2.45) is 0 Å².